The first-order chi connectivity index (χ1) is 25.1. The molecule has 0 aliphatic carbocycles. The summed E-state index contributed by atoms with van der Waals surface area (Å²) in [5, 5.41) is 12.3. The van der Waals surface area contributed by atoms with Crippen molar-refractivity contribution in [2.45, 2.75) is 105 Å². The molecule has 3 unspecified atom stereocenters. The molecule has 0 saturated carbocycles. The third-order valence-corrected chi connectivity index (χ3v) is 9.59. The predicted octanol–water partition coefficient (Wildman–Crippen LogP) is 6.49. The van der Waals surface area contributed by atoms with Crippen LogP contribution in [0.2, 0.25) is 0 Å². The number of carbonyl (C=O) groups is 5. The van der Waals surface area contributed by atoms with Crippen molar-refractivity contribution < 1.29 is 42.6 Å². The molecule has 0 saturated heterocycles. The van der Waals surface area contributed by atoms with Gasteiger partial charge in [0.05, 0.1) is 11.6 Å². The zero-order chi connectivity index (χ0) is 40.3. The van der Waals surface area contributed by atoms with Gasteiger partial charge in [0.1, 0.15) is 23.7 Å². The first kappa shape index (κ1) is 41.4. The smallest absolute Gasteiger partial charge is 0.410 e. The SMILES string of the molecule is CC(C(=O)NC(C(=O)N1Cc2ccccc2CC1C(=O)N(Cc1ccc(C(=O)O)cc1)[C@H](C)c1cccc(F)c1F)C(C)(C)C)N(C)C(=O)OC(C)(C)C. The lowest BCUT2D eigenvalue weighted by Crippen LogP contribution is -2.62. The van der Waals surface area contributed by atoms with Gasteiger partial charge in [0.15, 0.2) is 11.6 Å². The summed E-state index contributed by atoms with van der Waals surface area (Å²) in [6.07, 6.45) is -0.625. The number of halogens is 2. The van der Waals surface area contributed by atoms with Gasteiger partial charge in [-0.3, -0.25) is 19.3 Å². The lowest BCUT2D eigenvalue weighted by atomic mass is 9.84. The van der Waals surface area contributed by atoms with E-state index in [1.54, 1.807) is 48.5 Å². The number of carboxylic acid groups (broad SMARTS) is 1. The molecule has 0 fully saturated rings. The highest BCUT2D eigenvalue weighted by Gasteiger charge is 2.44. The minimum Gasteiger partial charge on any atom is -0.478 e. The molecule has 1 aliphatic rings. The van der Waals surface area contributed by atoms with Crippen LogP contribution in [0.5, 0.6) is 0 Å². The number of aromatic carboxylic acids is 1. The molecule has 11 nitrogen and oxygen atoms in total. The third-order valence-electron chi connectivity index (χ3n) is 9.59. The normalized spacial score (nSPS) is 16.0. The minimum atomic E-state index is -1.16. The van der Waals surface area contributed by atoms with Gasteiger partial charge in [0.2, 0.25) is 17.7 Å². The Morgan fingerprint density at radius 1 is 0.907 bits per heavy atom. The van der Waals surface area contributed by atoms with Crippen molar-refractivity contribution in [3.63, 3.8) is 0 Å². The number of hydrogen-bond acceptors (Lipinski definition) is 6. The fourth-order valence-electron chi connectivity index (χ4n) is 6.28. The van der Waals surface area contributed by atoms with Crippen molar-refractivity contribution in [1.29, 1.82) is 0 Å². The summed E-state index contributed by atoms with van der Waals surface area (Å²) in [5.74, 6) is -5.06. The maximum absolute atomic E-state index is 15.3. The van der Waals surface area contributed by atoms with Crippen LogP contribution in [0.4, 0.5) is 13.6 Å². The van der Waals surface area contributed by atoms with E-state index in [2.05, 4.69) is 5.32 Å². The summed E-state index contributed by atoms with van der Waals surface area (Å²) < 4.78 is 35.2. The summed E-state index contributed by atoms with van der Waals surface area (Å²) >= 11 is 0. The Hall–Kier alpha value is -5.33. The number of hydrogen-bond donors (Lipinski definition) is 2. The molecule has 290 valence electrons. The Morgan fingerprint density at radius 3 is 2.09 bits per heavy atom. The van der Waals surface area contributed by atoms with Crippen LogP contribution in [0, 0.1) is 17.0 Å². The fraction of sp³-hybridized carbons (Fsp3) is 0.439. The van der Waals surface area contributed by atoms with Crippen LogP contribution < -0.4 is 5.32 Å². The first-order valence-electron chi connectivity index (χ1n) is 17.8. The third kappa shape index (κ3) is 9.61. The molecule has 4 rings (SSSR count). The number of amides is 4. The van der Waals surface area contributed by atoms with E-state index in [0.29, 0.717) is 5.56 Å². The van der Waals surface area contributed by atoms with Crippen LogP contribution in [-0.2, 0) is 38.6 Å². The molecule has 1 heterocycles. The Morgan fingerprint density at radius 2 is 1.52 bits per heavy atom. The van der Waals surface area contributed by atoms with Gasteiger partial charge in [-0.15, -0.1) is 0 Å². The monoisotopic (exact) mass is 748 g/mol. The molecule has 0 radical (unpaired) electrons. The van der Waals surface area contributed by atoms with Crippen molar-refractivity contribution >= 4 is 29.8 Å². The summed E-state index contributed by atoms with van der Waals surface area (Å²) in [7, 11) is 1.43. The maximum atomic E-state index is 15.3. The number of benzene rings is 3. The highest BCUT2D eigenvalue weighted by molar-refractivity contribution is 5.95. The van der Waals surface area contributed by atoms with E-state index in [9.17, 15) is 33.5 Å². The van der Waals surface area contributed by atoms with Crippen LogP contribution >= 0.6 is 0 Å². The predicted molar refractivity (Wildman–Crippen MR) is 198 cm³/mol. The molecule has 3 aromatic rings. The average molecular weight is 749 g/mol. The second-order valence-corrected chi connectivity index (χ2v) is 15.8. The van der Waals surface area contributed by atoms with Gasteiger partial charge in [0, 0.05) is 32.1 Å². The molecule has 2 N–H and O–H groups in total. The molecule has 3 aromatic carbocycles. The van der Waals surface area contributed by atoms with E-state index in [4.69, 9.17) is 4.74 Å². The number of nitrogens with zero attached hydrogens (tertiary/aromatic N) is 3. The lowest BCUT2D eigenvalue weighted by Gasteiger charge is -2.43. The molecular formula is C41H50F2N4O7. The standard InChI is InChI=1S/C41H50F2N4O7/c1-24(30-15-12-16-31(42)33(30)43)46(22-26-17-19-27(20-18-26)38(51)52)36(49)32-21-28-13-10-11-14-29(28)23-47(32)37(50)34(40(3,4)5)44-35(48)25(2)45(9)39(53)54-41(6,7)8/h10-20,24-25,32,34H,21-23H2,1-9H3,(H,44,48)(H,51,52)/t24-,25?,32?,34?/m1/s1. The Bertz CT molecular complexity index is 1890. The molecule has 0 aromatic heterocycles. The first-order valence-corrected chi connectivity index (χ1v) is 17.8. The molecular weight excluding hydrogens is 698 g/mol. The van der Waals surface area contributed by atoms with E-state index < -0.39 is 76.6 Å². The van der Waals surface area contributed by atoms with Gasteiger partial charge < -0.3 is 25.0 Å². The van der Waals surface area contributed by atoms with Gasteiger partial charge in [-0.05, 0) is 74.9 Å². The molecule has 0 spiro atoms. The van der Waals surface area contributed by atoms with E-state index in [-0.39, 0.29) is 30.6 Å². The van der Waals surface area contributed by atoms with Crippen LogP contribution in [0.25, 0.3) is 0 Å². The van der Waals surface area contributed by atoms with Crippen molar-refractivity contribution in [2.24, 2.45) is 5.41 Å². The molecule has 13 heteroatoms. The van der Waals surface area contributed by atoms with Crippen molar-refractivity contribution in [3.05, 3.63) is 106 Å². The van der Waals surface area contributed by atoms with E-state index in [1.165, 1.54) is 60.2 Å². The van der Waals surface area contributed by atoms with Gasteiger partial charge in [-0.25, -0.2) is 18.4 Å². The molecule has 54 heavy (non-hydrogen) atoms. The topological polar surface area (TPSA) is 137 Å². The quantitative estimate of drug-likeness (QED) is 0.242. The van der Waals surface area contributed by atoms with Crippen LogP contribution in [-0.4, -0.2) is 80.4 Å². The van der Waals surface area contributed by atoms with E-state index in [1.807, 2.05) is 24.3 Å². The number of rotatable bonds is 10. The second-order valence-electron chi connectivity index (χ2n) is 15.8. The van der Waals surface area contributed by atoms with Gasteiger partial charge >= 0.3 is 12.1 Å². The highest BCUT2D eigenvalue weighted by atomic mass is 19.2. The van der Waals surface area contributed by atoms with Gasteiger partial charge in [-0.2, -0.15) is 0 Å². The van der Waals surface area contributed by atoms with Crippen molar-refractivity contribution in [1.82, 2.24) is 20.0 Å². The maximum Gasteiger partial charge on any atom is 0.410 e. The van der Waals surface area contributed by atoms with Gasteiger partial charge in [-0.1, -0.05) is 69.3 Å². The summed E-state index contributed by atoms with van der Waals surface area (Å²) in [6.45, 7) is 13.4. The highest BCUT2D eigenvalue weighted by Crippen LogP contribution is 2.33. The zero-order valence-electron chi connectivity index (χ0n) is 32.3. The molecule has 0 bridgehead atoms. The zero-order valence-corrected chi connectivity index (χ0v) is 32.3. The average Bonchev–Trinajstić information content (AvgIpc) is 3.10. The number of ether oxygens (including phenoxy) is 1. The molecule has 1 aliphatic heterocycles. The number of fused-ring (bicyclic) bond motifs is 1. The number of nitrogens with one attached hydrogen (secondary N) is 1. The van der Waals surface area contributed by atoms with E-state index in [0.717, 1.165) is 22.1 Å². The Balaban J connectivity index is 1.75. The number of likely N-dealkylation sites (N-methyl/N-ethyl adjacent to an activating group) is 1. The fourth-order valence-corrected chi connectivity index (χ4v) is 6.28. The minimum absolute atomic E-state index is 0.0189. The summed E-state index contributed by atoms with van der Waals surface area (Å²) in [5.41, 5.74) is 0.419. The second kappa shape index (κ2) is 16.4. The lowest BCUT2D eigenvalue weighted by molar-refractivity contribution is -0.152. The van der Waals surface area contributed by atoms with Crippen molar-refractivity contribution in [3.8, 4) is 0 Å². The van der Waals surface area contributed by atoms with Gasteiger partial charge in [0.25, 0.3) is 0 Å². The van der Waals surface area contributed by atoms with Crippen LogP contribution in [0.15, 0.2) is 66.7 Å². The van der Waals surface area contributed by atoms with E-state index >= 15 is 4.39 Å². The number of carbonyl (C=O) groups excluding carboxylic acids is 4. The molecule has 4 atom stereocenters. The molecule has 4 amide bonds. The Kier molecular flexibility index (Phi) is 12.5. The summed E-state index contributed by atoms with van der Waals surface area (Å²) in [4.78, 5) is 71.7. The Labute approximate surface area is 315 Å². The van der Waals surface area contributed by atoms with Crippen LogP contribution in [0.3, 0.4) is 0 Å². The largest absolute Gasteiger partial charge is 0.478 e. The summed E-state index contributed by atoms with van der Waals surface area (Å²) in [6, 6.07) is 12.6. The van der Waals surface area contributed by atoms with Crippen molar-refractivity contribution in [2.75, 3.05) is 7.05 Å². The van der Waals surface area contributed by atoms with Crippen LogP contribution in [0.1, 0.15) is 94.0 Å². The number of carboxylic acids is 1.